The van der Waals surface area contributed by atoms with Crippen LogP contribution in [0.15, 0.2) is 23.8 Å². The summed E-state index contributed by atoms with van der Waals surface area (Å²) >= 11 is 0. The van der Waals surface area contributed by atoms with E-state index in [0.717, 1.165) is 24.2 Å². The molecule has 0 unspecified atom stereocenters. The summed E-state index contributed by atoms with van der Waals surface area (Å²) in [6.45, 7) is 12.1. The highest BCUT2D eigenvalue weighted by atomic mass is 16.5. The largest absolute Gasteiger partial charge is 0.490 e. The predicted octanol–water partition coefficient (Wildman–Crippen LogP) is 3.01. The SMILES string of the molecule is CCOc1cc(/C=C2\CN(CC)CCC2=O)ccc1OCC(=O)N(CC)CC. The summed E-state index contributed by atoms with van der Waals surface area (Å²) in [6.07, 6.45) is 2.49. The molecule has 1 amide bonds. The van der Waals surface area contributed by atoms with E-state index >= 15 is 0 Å². The Hall–Kier alpha value is -2.34. The van der Waals surface area contributed by atoms with Gasteiger partial charge in [-0.1, -0.05) is 13.0 Å². The van der Waals surface area contributed by atoms with Gasteiger partial charge in [-0.3, -0.25) is 14.5 Å². The minimum absolute atomic E-state index is 0.0217. The molecule has 0 radical (unpaired) electrons. The van der Waals surface area contributed by atoms with Gasteiger partial charge in [0, 0.05) is 38.2 Å². The van der Waals surface area contributed by atoms with Crippen molar-refractivity contribution < 1.29 is 19.1 Å². The zero-order valence-electron chi connectivity index (χ0n) is 17.5. The number of ether oxygens (including phenoxy) is 2. The van der Waals surface area contributed by atoms with Crippen LogP contribution >= 0.6 is 0 Å². The van der Waals surface area contributed by atoms with Crippen LogP contribution in [0.5, 0.6) is 11.5 Å². The lowest BCUT2D eigenvalue weighted by molar-refractivity contribution is -0.133. The van der Waals surface area contributed by atoms with E-state index in [4.69, 9.17) is 9.47 Å². The third-order valence-electron chi connectivity index (χ3n) is 4.93. The van der Waals surface area contributed by atoms with Gasteiger partial charge in [0.25, 0.3) is 5.91 Å². The first kappa shape index (κ1) is 22.0. The predicted molar refractivity (Wildman–Crippen MR) is 111 cm³/mol. The fourth-order valence-electron chi connectivity index (χ4n) is 3.23. The van der Waals surface area contributed by atoms with E-state index < -0.39 is 0 Å². The second-order valence-electron chi connectivity index (χ2n) is 6.71. The maximum absolute atomic E-state index is 12.2. The quantitative estimate of drug-likeness (QED) is 0.609. The van der Waals surface area contributed by atoms with Crippen molar-refractivity contribution in [1.82, 2.24) is 9.80 Å². The Morgan fingerprint density at radius 2 is 1.89 bits per heavy atom. The third-order valence-corrected chi connectivity index (χ3v) is 4.93. The molecule has 0 atom stereocenters. The number of carbonyl (C=O) groups excluding carboxylic acids is 2. The van der Waals surface area contributed by atoms with Gasteiger partial charge in [-0.25, -0.2) is 0 Å². The molecule has 154 valence electrons. The number of hydrogen-bond acceptors (Lipinski definition) is 5. The van der Waals surface area contributed by atoms with Crippen LogP contribution in [0.3, 0.4) is 0 Å². The van der Waals surface area contributed by atoms with E-state index in [9.17, 15) is 9.59 Å². The van der Waals surface area contributed by atoms with Gasteiger partial charge in [-0.05, 0) is 51.1 Å². The first-order chi connectivity index (χ1) is 13.5. The van der Waals surface area contributed by atoms with E-state index in [-0.39, 0.29) is 18.3 Å². The molecule has 1 saturated heterocycles. The molecule has 0 aromatic heterocycles. The zero-order valence-corrected chi connectivity index (χ0v) is 17.5. The van der Waals surface area contributed by atoms with Gasteiger partial charge in [0.2, 0.25) is 0 Å². The van der Waals surface area contributed by atoms with Crippen LogP contribution in [0, 0.1) is 0 Å². The number of hydrogen-bond donors (Lipinski definition) is 0. The van der Waals surface area contributed by atoms with Crippen LogP contribution in [-0.2, 0) is 9.59 Å². The molecule has 0 spiro atoms. The number of Topliss-reactive ketones (excluding diaryl/α,β-unsaturated/α-hetero) is 1. The van der Waals surface area contributed by atoms with Gasteiger partial charge in [0.15, 0.2) is 23.9 Å². The number of benzene rings is 1. The van der Waals surface area contributed by atoms with E-state index in [0.29, 0.717) is 44.2 Å². The number of rotatable bonds is 9. The second kappa shape index (κ2) is 10.9. The highest BCUT2D eigenvalue weighted by Gasteiger charge is 2.20. The molecule has 1 aromatic rings. The first-order valence-electron chi connectivity index (χ1n) is 10.2. The Bertz CT molecular complexity index is 710. The van der Waals surface area contributed by atoms with Gasteiger partial charge >= 0.3 is 0 Å². The minimum Gasteiger partial charge on any atom is -0.490 e. The normalized spacial score (nSPS) is 16.3. The van der Waals surface area contributed by atoms with Crippen molar-refractivity contribution in [3.63, 3.8) is 0 Å². The minimum atomic E-state index is -0.0499. The van der Waals surface area contributed by atoms with Crippen LogP contribution < -0.4 is 9.47 Å². The Kier molecular flexibility index (Phi) is 8.51. The summed E-state index contributed by atoms with van der Waals surface area (Å²) in [7, 11) is 0. The van der Waals surface area contributed by atoms with Crippen molar-refractivity contribution in [2.75, 3.05) is 45.9 Å². The van der Waals surface area contributed by atoms with Crippen molar-refractivity contribution in [3.8, 4) is 11.5 Å². The molecular weight excluding hydrogens is 356 g/mol. The van der Waals surface area contributed by atoms with E-state index in [2.05, 4.69) is 11.8 Å². The third kappa shape index (κ3) is 5.83. The number of likely N-dealkylation sites (tertiary alicyclic amines) is 1. The second-order valence-corrected chi connectivity index (χ2v) is 6.71. The Morgan fingerprint density at radius 3 is 2.54 bits per heavy atom. The van der Waals surface area contributed by atoms with Gasteiger partial charge in [0.1, 0.15) is 0 Å². The average Bonchev–Trinajstić information content (AvgIpc) is 2.70. The maximum Gasteiger partial charge on any atom is 0.260 e. The topological polar surface area (TPSA) is 59.1 Å². The molecule has 28 heavy (non-hydrogen) atoms. The van der Waals surface area contributed by atoms with Crippen molar-refractivity contribution >= 4 is 17.8 Å². The van der Waals surface area contributed by atoms with E-state index in [1.165, 1.54) is 0 Å². The molecule has 0 N–H and O–H groups in total. The van der Waals surface area contributed by atoms with Crippen LogP contribution in [0.1, 0.15) is 39.7 Å². The molecule has 6 nitrogen and oxygen atoms in total. The first-order valence-corrected chi connectivity index (χ1v) is 10.2. The van der Waals surface area contributed by atoms with E-state index in [1.807, 2.05) is 39.0 Å². The highest BCUT2D eigenvalue weighted by Crippen LogP contribution is 2.30. The highest BCUT2D eigenvalue weighted by molar-refractivity contribution is 6.00. The maximum atomic E-state index is 12.2. The number of piperidine rings is 1. The van der Waals surface area contributed by atoms with Crippen molar-refractivity contribution in [2.24, 2.45) is 0 Å². The summed E-state index contributed by atoms with van der Waals surface area (Å²) in [5, 5.41) is 0. The number of amides is 1. The van der Waals surface area contributed by atoms with Crippen LogP contribution in [0.2, 0.25) is 0 Å². The van der Waals surface area contributed by atoms with Gasteiger partial charge < -0.3 is 14.4 Å². The molecule has 1 aromatic carbocycles. The molecular formula is C22H32N2O4. The Morgan fingerprint density at radius 1 is 1.14 bits per heavy atom. The number of ketones is 1. The lowest BCUT2D eigenvalue weighted by Gasteiger charge is -2.26. The van der Waals surface area contributed by atoms with Crippen molar-refractivity contribution in [3.05, 3.63) is 29.3 Å². The Balaban J connectivity index is 2.16. The molecule has 2 rings (SSSR count). The fraction of sp³-hybridized carbons (Fsp3) is 0.545. The van der Waals surface area contributed by atoms with Crippen LogP contribution in [0.4, 0.5) is 0 Å². The van der Waals surface area contributed by atoms with E-state index in [1.54, 1.807) is 11.0 Å². The molecule has 1 heterocycles. The summed E-state index contributed by atoms with van der Waals surface area (Å²) in [4.78, 5) is 28.4. The molecule has 1 aliphatic heterocycles. The summed E-state index contributed by atoms with van der Waals surface area (Å²) in [5.41, 5.74) is 1.72. The van der Waals surface area contributed by atoms with Gasteiger partial charge in [-0.2, -0.15) is 0 Å². The van der Waals surface area contributed by atoms with Gasteiger partial charge in [0.05, 0.1) is 6.61 Å². The molecule has 0 bridgehead atoms. The average molecular weight is 389 g/mol. The molecule has 1 aliphatic rings. The zero-order chi connectivity index (χ0) is 20.5. The molecule has 6 heteroatoms. The smallest absolute Gasteiger partial charge is 0.260 e. The summed E-state index contributed by atoms with van der Waals surface area (Å²) < 4.78 is 11.4. The van der Waals surface area contributed by atoms with Crippen LogP contribution in [0.25, 0.3) is 6.08 Å². The number of carbonyl (C=O) groups is 2. The summed E-state index contributed by atoms with van der Waals surface area (Å²) in [5.74, 6) is 1.27. The molecule has 0 aliphatic carbocycles. The van der Waals surface area contributed by atoms with Crippen molar-refractivity contribution in [2.45, 2.75) is 34.1 Å². The van der Waals surface area contributed by atoms with Crippen LogP contribution in [-0.4, -0.2) is 67.4 Å². The Labute approximate surface area is 168 Å². The number of likely N-dealkylation sites (N-methyl/N-ethyl adjacent to an activating group) is 2. The lowest BCUT2D eigenvalue weighted by atomic mass is 10.0. The molecule has 0 saturated carbocycles. The fourth-order valence-corrected chi connectivity index (χ4v) is 3.23. The number of nitrogens with zero attached hydrogens (tertiary/aromatic N) is 2. The standard InChI is InChI=1S/C22H32N2O4/c1-5-23-12-11-19(25)18(15-23)13-17-9-10-20(21(14-17)27-8-4)28-16-22(26)24(6-2)7-3/h9-10,13-14H,5-8,11-12,15-16H2,1-4H3/b18-13+. The lowest BCUT2D eigenvalue weighted by Crippen LogP contribution is -2.35. The monoisotopic (exact) mass is 388 g/mol. The van der Waals surface area contributed by atoms with Crippen molar-refractivity contribution in [1.29, 1.82) is 0 Å². The molecule has 1 fully saturated rings. The van der Waals surface area contributed by atoms with Gasteiger partial charge in [-0.15, -0.1) is 0 Å². The summed E-state index contributed by atoms with van der Waals surface area (Å²) in [6, 6.07) is 5.56.